The molecule has 0 N–H and O–H groups in total. The van der Waals surface area contributed by atoms with E-state index in [1.165, 1.54) is 0 Å². The van der Waals surface area contributed by atoms with E-state index in [4.69, 9.17) is 14.1 Å². The van der Waals surface area contributed by atoms with Gasteiger partial charge < -0.3 is 19.0 Å². The van der Waals surface area contributed by atoms with E-state index < -0.39 is 0 Å². The van der Waals surface area contributed by atoms with E-state index in [-0.39, 0.29) is 5.91 Å². The number of carbonyl (C=O) groups is 1. The van der Waals surface area contributed by atoms with Gasteiger partial charge in [0, 0.05) is 26.2 Å². The number of piperazine rings is 1. The van der Waals surface area contributed by atoms with Crippen molar-refractivity contribution in [1.29, 1.82) is 0 Å². The third-order valence-electron chi connectivity index (χ3n) is 4.28. The summed E-state index contributed by atoms with van der Waals surface area (Å²) in [6, 6.07) is 9.42. The first-order valence-corrected chi connectivity index (χ1v) is 10.1. The molecule has 0 radical (unpaired) electrons. The topological polar surface area (TPSA) is 58.8 Å². The zero-order valence-electron chi connectivity index (χ0n) is 14.3. The summed E-state index contributed by atoms with van der Waals surface area (Å²) in [4.78, 5) is 21.2. The third-order valence-corrected chi connectivity index (χ3v) is 5.79. The molecule has 0 saturated carbocycles. The molecule has 3 heterocycles. The quantitative estimate of drug-likeness (QED) is 0.619. The van der Waals surface area contributed by atoms with Gasteiger partial charge in [0.05, 0.1) is 16.8 Å². The van der Waals surface area contributed by atoms with E-state index >= 15 is 0 Å². The summed E-state index contributed by atoms with van der Waals surface area (Å²) >= 11 is 4.89. The predicted octanol–water partition coefficient (Wildman–Crippen LogP) is 4.01. The van der Waals surface area contributed by atoms with Gasteiger partial charge in [-0.1, -0.05) is 11.3 Å². The summed E-state index contributed by atoms with van der Waals surface area (Å²) in [5.74, 6) is 1.17. The number of rotatable bonds is 4. The second-order valence-corrected chi connectivity index (χ2v) is 7.73. The first kappa shape index (κ1) is 17.4. The molecule has 3 aromatic rings. The molecule has 1 fully saturated rings. The first-order chi connectivity index (χ1) is 12.6. The third kappa shape index (κ3) is 3.43. The number of benzene rings is 1. The molecule has 26 heavy (non-hydrogen) atoms. The molecule has 1 saturated heterocycles. The van der Waals surface area contributed by atoms with E-state index in [0.29, 0.717) is 30.1 Å². The van der Waals surface area contributed by atoms with Crippen molar-refractivity contribution in [3.05, 3.63) is 40.8 Å². The Morgan fingerprint density at radius 2 is 2.08 bits per heavy atom. The molecule has 1 amide bonds. The molecule has 0 spiro atoms. The number of thiazole rings is 1. The van der Waals surface area contributed by atoms with Gasteiger partial charge in [0.25, 0.3) is 5.91 Å². The van der Waals surface area contributed by atoms with Gasteiger partial charge in [0.2, 0.25) is 0 Å². The fourth-order valence-electron chi connectivity index (χ4n) is 2.97. The highest BCUT2D eigenvalue weighted by atomic mass is 79.9. The molecule has 4 rings (SSSR count). The molecule has 0 bridgehead atoms. The van der Waals surface area contributed by atoms with Crippen LogP contribution < -0.4 is 9.64 Å². The summed E-state index contributed by atoms with van der Waals surface area (Å²) < 4.78 is 12.6. The standard InChI is InChI=1S/C18H18BrN3O3S/c1-2-24-12-3-4-13-15(11-12)26-18(20-13)22-9-7-21(8-10-22)17(23)14-5-6-16(19)25-14/h3-6,11H,2,7-10H2,1H3. The lowest BCUT2D eigenvalue weighted by molar-refractivity contribution is 0.0713. The fraction of sp³-hybridized carbons (Fsp3) is 0.333. The van der Waals surface area contributed by atoms with Crippen molar-refractivity contribution in [2.45, 2.75) is 6.92 Å². The molecule has 2 aromatic heterocycles. The van der Waals surface area contributed by atoms with Crippen molar-refractivity contribution >= 4 is 48.5 Å². The van der Waals surface area contributed by atoms with Gasteiger partial charge in [0.1, 0.15) is 5.75 Å². The number of nitrogens with zero attached hydrogens (tertiary/aromatic N) is 3. The summed E-state index contributed by atoms with van der Waals surface area (Å²) in [6.45, 7) is 5.44. The lowest BCUT2D eigenvalue weighted by Crippen LogP contribution is -2.48. The van der Waals surface area contributed by atoms with Crippen LogP contribution >= 0.6 is 27.3 Å². The van der Waals surface area contributed by atoms with Gasteiger partial charge in [0.15, 0.2) is 15.6 Å². The summed E-state index contributed by atoms with van der Waals surface area (Å²) in [6.07, 6.45) is 0. The van der Waals surface area contributed by atoms with Gasteiger partial charge in [-0.2, -0.15) is 0 Å². The Labute approximate surface area is 163 Å². The normalized spacial score (nSPS) is 14.8. The van der Waals surface area contributed by atoms with Gasteiger partial charge in [-0.15, -0.1) is 0 Å². The Bertz CT molecular complexity index is 931. The summed E-state index contributed by atoms with van der Waals surface area (Å²) in [5.41, 5.74) is 0.979. The maximum atomic E-state index is 12.5. The predicted molar refractivity (Wildman–Crippen MR) is 105 cm³/mol. The van der Waals surface area contributed by atoms with Crippen molar-refractivity contribution in [3.63, 3.8) is 0 Å². The van der Waals surface area contributed by atoms with E-state index in [2.05, 4.69) is 20.8 Å². The minimum absolute atomic E-state index is 0.0685. The average Bonchev–Trinajstić information content (AvgIpc) is 3.27. The fourth-order valence-corrected chi connectivity index (χ4v) is 4.32. The number of furan rings is 1. The number of aromatic nitrogens is 1. The molecule has 0 unspecified atom stereocenters. The maximum absolute atomic E-state index is 12.5. The summed E-state index contributed by atoms with van der Waals surface area (Å²) in [7, 11) is 0. The molecular weight excluding hydrogens is 418 g/mol. The Morgan fingerprint density at radius 1 is 1.27 bits per heavy atom. The van der Waals surface area contributed by atoms with Crippen LogP contribution in [0.25, 0.3) is 10.2 Å². The number of amides is 1. The molecule has 136 valence electrons. The van der Waals surface area contributed by atoms with E-state index in [1.54, 1.807) is 23.5 Å². The van der Waals surface area contributed by atoms with Crippen molar-refractivity contribution in [2.75, 3.05) is 37.7 Å². The SMILES string of the molecule is CCOc1ccc2nc(N3CCN(C(=O)c4ccc(Br)o4)CC3)sc2c1. The van der Waals surface area contributed by atoms with E-state index in [1.807, 2.05) is 30.0 Å². The second kappa shape index (κ2) is 7.28. The number of hydrogen-bond donors (Lipinski definition) is 0. The highest BCUT2D eigenvalue weighted by Crippen LogP contribution is 2.32. The summed E-state index contributed by atoms with van der Waals surface area (Å²) in [5, 5.41) is 0.987. The smallest absolute Gasteiger partial charge is 0.289 e. The van der Waals surface area contributed by atoms with Crippen LogP contribution in [0.3, 0.4) is 0 Å². The number of carbonyl (C=O) groups excluding carboxylic acids is 1. The van der Waals surface area contributed by atoms with Crippen LogP contribution in [0.1, 0.15) is 17.5 Å². The lowest BCUT2D eigenvalue weighted by Gasteiger charge is -2.34. The van der Waals surface area contributed by atoms with Crippen molar-refractivity contribution in [1.82, 2.24) is 9.88 Å². The Kier molecular flexibility index (Phi) is 4.86. The van der Waals surface area contributed by atoms with Crippen LogP contribution in [0.2, 0.25) is 0 Å². The molecule has 0 atom stereocenters. The molecule has 1 aliphatic heterocycles. The number of ether oxygens (including phenoxy) is 1. The van der Waals surface area contributed by atoms with Crippen LogP contribution in [0.4, 0.5) is 5.13 Å². The molecule has 0 aliphatic carbocycles. The highest BCUT2D eigenvalue weighted by molar-refractivity contribution is 9.10. The molecule has 8 heteroatoms. The Morgan fingerprint density at radius 3 is 2.77 bits per heavy atom. The van der Waals surface area contributed by atoms with Crippen LogP contribution in [-0.2, 0) is 0 Å². The van der Waals surface area contributed by atoms with Gasteiger partial charge in [-0.3, -0.25) is 4.79 Å². The zero-order valence-corrected chi connectivity index (χ0v) is 16.7. The molecule has 1 aliphatic rings. The van der Waals surface area contributed by atoms with Crippen LogP contribution in [-0.4, -0.2) is 48.6 Å². The number of fused-ring (bicyclic) bond motifs is 1. The Hall–Kier alpha value is -2.06. The zero-order chi connectivity index (χ0) is 18.1. The molecule has 1 aromatic carbocycles. The number of hydrogen-bond acceptors (Lipinski definition) is 6. The monoisotopic (exact) mass is 435 g/mol. The van der Waals surface area contributed by atoms with Crippen LogP contribution in [0, 0.1) is 0 Å². The van der Waals surface area contributed by atoms with Gasteiger partial charge in [-0.05, 0) is 53.2 Å². The molecular formula is C18H18BrN3O3S. The van der Waals surface area contributed by atoms with E-state index in [0.717, 1.165) is 34.2 Å². The minimum atomic E-state index is -0.0685. The van der Waals surface area contributed by atoms with Gasteiger partial charge >= 0.3 is 0 Å². The van der Waals surface area contributed by atoms with Crippen molar-refractivity contribution in [2.24, 2.45) is 0 Å². The molecule has 6 nitrogen and oxygen atoms in total. The minimum Gasteiger partial charge on any atom is -0.494 e. The van der Waals surface area contributed by atoms with Crippen LogP contribution in [0.5, 0.6) is 5.75 Å². The highest BCUT2D eigenvalue weighted by Gasteiger charge is 2.25. The van der Waals surface area contributed by atoms with Crippen LogP contribution in [0.15, 0.2) is 39.4 Å². The largest absolute Gasteiger partial charge is 0.494 e. The lowest BCUT2D eigenvalue weighted by atomic mass is 10.3. The van der Waals surface area contributed by atoms with Gasteiger partial charge in [-0.25, -0.2) is 4.98 Å². The van der Waals surface area contributed by atoms with Crippen molar-refractivity contribution < 1.29 is 13.9 Å². The number of anilines is 1. The second-order valence-electron chi connectivity index (χ2n) is 5.94. The average molecular weight is 436 g/mol. The number of halogens is 1. The first-order valence-electron chi connectivity index (χ1n) is 8.47. The maximum Gasteiger partial charge on any atom is 0.289 e. The van der Waals surface area contributed by atoms with E-state index in [9.17, 15) is 4.79 Å². The van der Waals surface area contributed by atoms with Crippen molar-refractivity contribution in [3.8, 4) is 5.75 Å². The Balaban J connectivity index is 1.44.